The summed E-state index contributed by atoms with van der Waals surface area (Å²) in [7, 11) is 0. The van der Waals surface area contributed by atoms with Gasteiger partial charge in [0.2, 0.25) is 0 Å². The summed E-state index contributed by atoms with van der Waals surface area (Å²) < 4.78 is 19.7. The van der Waals surface area contributed by atoms with Crippen LogP contribution >= 0.6 is 15.9 Å². The average molecular weight is 338 g/mol. The Labute approximate surface area is 127 Å². The highest BCUT2D eigenvalue weighted by Crippen LogP contribution is 2.20. The molecule has 2 aromatic carbocycles. The number of hydrogen-bond donors (Lipinski definition) is 1. The summed E-state index contributed by atoms with van der Waals surface area (Å²) in [6.07, 6.45) is 0. The third kappa shape index (κ3) is 4.05. The van der Waals surface area contributed by atoms with E-state index < -0.39 is 0 Å². The largest absolute Gasteiger partial charge is 0.494 e. The van der Waals surface area contributed by atoms with Crippen molar-refractivity contribution in [2.24, 2.45) is 0 Å². The lowest BCUT2D eigenvalue weighted by atomic mass is 10.2. The van der Waals surface area contributed by atoms with E-state index in [2.05, 4.69) is 21.2 Å². The Balaban J connectivity index is 1.97. The van der Waals surface area contributed by atoms with Gasteiger partial charge in [0.1, 0.15) is 11.6 Å². The Bertz CT molecular complexity index is 574. The van der Waals surface area contributed by atoms with Gasteiger partial charge in [-0.25, -0.2) is 4.39 Å². The number of para-hydroxylation sites is 1. The molecule has 0 fully saturated rings. The number of halogens is 2. The SMILES string of the molecule is CCOc1ccccc1CNCc1cc(F)ccc1Br. The first-order valence-electron chi connectivity index (χ1n) is 6.56. The van der Waals surface area contributed by atoms with E-state index >= 15 is 0 Å². The van der Waals surface area contributed by atoms with Crippen LogP contribution in [0.4, 0.5) is 4.39 Å². The molecule has 0 saturated heterocycles. The first-order chi connectivity index (χ1) is 9.70. The molecule has 1 N–H and O–H groups in total. The van der Waals surface area contributed by atoms with Gasteiger partial charge in [0.05, 0.1) is 6.61 Å². The number of hydrogen-bond acceptors (Lipinski definition) is 2. The second-order valence-electron chi connectivity index (χ2n) is 4.38. The van der Waals surface area contributed by atoms with E-state index in [0.717, 1.165) is 21.3 Å². The van der Waals surface area contributed by atoms with E-state index in [1.54, 1.807) is 6.07 Å². The predicted molar refractivity (Wildman–Crippen MR) is 82.3 cm³/mol. The van der Waals surface area contributed by atoms with Crippen LogP contribution in [0.2, 0.25) is 0 Å². The van der Waals surface area contributed by atoms with Crippen molar-refractivity contribution in [3.63, 3.8) is 0 Å². The summed E-state index contributed by atoms with van der Waals surface area (Å²) in [4.78, 5) is 0. The molecule has 0 aliphatic heterocycles. The zero-order chi connectivity index (χ0) is 14.4. The average Bonchev–Trinajstić information content (AvgIpc) is 2.45. The van der Waals surface area contributed by atoms with Crippen molar-refractivity contribution < 1.29 is 9.13 Å². The monoisotopic (exact) mass is 337 g/mol. The van der Waals surface area contributed by atoms with Crippen LogP contribution < -0.4 is 10.1 Å². The van der Waals surface area contributed by atoms with Crippen LogP contribution in [0.1, 0.15) is 18.1 Å². The summed E-state index contributed by atoms with van der Waals surface area (Å²) in [6, 6.07) is 12.6. The zero-order valence-corrected chi connectivity index (χ0v) is 12.9. The lowest BCUT2D eigenvalue weighted by Crippen LogP contribution is -2.14. The highest BCUT2D eigenvalue weighted by atomic mass is 79.9. The van der Waals surface area contributed by atoms with E-state index in [0.29, 0.717) is 19.7 Å². The molecule has 0 heterocycles. The molecule has 2 nitrogen and oxygen atoms in total. The number of benzene rings is 2. The Hall–Kier alpha value is -1.39. The third-order valence-electron chi connectivity index (χ3n) is 2.91. The maximum Gasteiger partial charge on any atom is 0.123 e. The predicted octanol–water partition coefficient (Wildman–Crippen LogP) is 4.28. The van der Waals surface area contributed by atoms with E-state index in [1.165, 1.54) is 12.1 Å². The van der Waals surface area contributed by atoms with Crippen molar-refractivity contribution in [1.82, 2.24) is 5.32 Å². The van der Waals surface area contributed by atoms with Crippen molar-refractivity contribution in [3.05, 3.63) is 63.9 Å². The molecule has 0 bridgehead atoms. The normalized spacial score (nSPS) is 10.6. The summed E-state index contributed by atoms with van der Waals surface area (Å²) >= 11 is 3.42. The second-order valence-corrected chi connectivity index (χ2v) is 5.23. The van der Waals surface area contributed by atoms with Crippen molar-refractivity contribution in [3.8, 4) is 5.75 Å². The van der Waals surface area contributed by atoms with Crippen molar-refractivity contribution in [2.45, 2.75) is 20.0 Å². The van der Waals surface area contributed by atoms with Crippen LogP contribution in [0.25, 0.3) is 0 Å². The minimum Gasteiger partial charge on any atom is -0.494 e. The maximum absolute atomic E-state index is 13.2. The molecule has 0 atom stereocenters. The van der Waals surface area contributed by atoms with E-state index in [9.17, 15) is 4.39 Å². The molecule has 0 spiro atoms. The topological polar surface area (TPSA) is 21.3 Å². The maximum atomic E-state index is 13.2. The van der Waals surface area contributed by atoms with Gasteiger partial charge in [-0.15, -0.1) is 0 Å². The molecule has 20 heavy (non-hydrogen) atoms. The molecule has 0 aliphatic carbocycles. The lowest BCUT2D eigenvalue weighted by Gasteiger charge is -2.11. The quantitative estimate of drug-likeness (QED) is 0.849. The van der Waals surface area contributed by atoms with Gasteiger partial charge >= 0.3 is 0 Å². The Kier molecular flexibility index (Phi) is 5.56. The minimum absolute atomic E-state index is 0.222. The highest BCUT2D eigenvalue weighted by Gasteiger charge is 2.04. The number of ether oxygens (including phenoxy) is 1. The molecule has 0 amide bonds. The molecule has 0 aromatic heterocycles. The van der Waals surface area contributed by atoms with Crippen LogP contribution in [-0.4, -0.2) is 6.61 Å². The molecule has 4 heteroatoms. The van der Waals surface area contributed by atoms with Gasteiger partial charge in [0.15, 0.2) is 0 Å². The zero-order valence-electron chi connectivity index (χ0n) is 11.3. The summed E-state index contributed by atoms with van der Waals surface area (Å²) in [5.41, 5.74) is 2.00. The third-order valence-corrected chi connectivity index (χ3v) is 3.68. The van der Waals surface area contributed by atoms with Crippen molar-refractivity contribution >= 4 is 15.9 Å². The molecule has 0 radical (unpaired) electrons. The van der Waals surface area contributed by atoms with Crippen LogP contribution in [0.3, 0.4) is 0 Å². The van der Waals surface area contributed by atoms with Gasteiger partial charge in [-0.1, -0.05) is 34.1 Å². The van der Waals surface area contributed by atoms with E-state index in [4.69, 9.17) is 4.74 Å². The molecule has 2 rings (SSSR count). The van der Waals surface area contributed by atoms with Gasteiger partial charge < -0.3 is 10.1 Å². The van der Waals surface area contributed by atoms with Crippen LogP contribution in [0.5, 0.6) is 5.75 Å². The highest BCUT2D eigenvalue weighted by molar-refractivity contribution is 9.10. The van der Waals surface area contributed by atoms with Crippen LogP contribution in [0, 0.1) is 5.82 Å². The van der Waals surface area contributed by atoms with E-state index in [-0.39, 0.29) is 5.82 Å². The van der Waals surface area contributed by atoms with Gasteiger partial charge in [-0.2, -0.15) is 0 Å². The van der Waals surface area contributed by atoms with Crippen molar-refractivity contribution in [2.75, 3.05) is 6.61 Å². The summed E-state index contributed by atoms with van der Waals surface area (Å²) in [6.45, 7) is 3.89. The Morgan fingerprint density at radius 1 is 1.10 bits per heavy atom. The first kappa shape index (κ1) is 15.0. The molecule has 2 aromatic rings. The summed E-state index contributed by atoms with van der Waals surface area (Å²) in [5, 5.41) is 3.31. The molecular formula is C16H17BrFNO. The van der Waals surface area contributed by atoms with Crippen LogP contribution in [-0.2, 0) is 13.1 Å². The van der Waals surface area contributed by atoms with Gasteiger partial charge in [0.25, 0.3) is 0 Å². The fourth-order valence-electron chi connectivity index (χ4n) is 1.96. The second kappa shape index (κ2) is 7.41. The molecule has 106 valence electrons. The number of rotatable bonds is 6. The standard InChI is InChI=1S/C16H17BrFNO/c1-2-20-16-6-4-3-5-12(16)10-19-11-13-9-14(18)7-8-15(13)17/h3-9,19H,2,10-11H2,1H3. The van der Waals surface area contributed by atoms with Gasteiger partial charge in [-0.05, 0) is 36.8 Å². The molecule has 0 unspecified atom stereocenters. The fourth-order valence-corrected chi connectivity index (χ4v) is 2.34. The first-order valence-corrected chi connectivity index (χ1v) is 7.35. The molecule has 0 saturated carbocycles. The smallest absolute Gasteiger partial charge is 0.123 e. The minimum atomic E-state index is -0.222. The van der Waals surface area contributed by atoms with Gasteiger partial charge in [0, 0.05) is 23.1 Å². The Morgan fingerprint density at radius 3 is 2.65 bits per heavy atom. The molecular weight excluding hydrogens is 321 g/mol. The number of nitrogens with one attached hydrogen (secondary N) is 1. The van der Waals surface area contributed by atoms with Gasteiger partial charge in [-0.3, -0.25) is 0 Å². The van der Waals surface area contributed by atoms with Crippen molar-refractivity contribution in [1.29, 1.82) is 0 Å². The summed E-state index contributed by atoms with van der Waals surface area (Å²) in [5.74, 6) is 0.667. The lowest BCUT2D eigenvalue weighted by molar-refractivity contribution is 0.335. The fraction of sp³-hybridized carbons (Fsp3) is 0.250. The molecule has 0 aliphatic rings. The Morgan fingerprint density at radius 2 is 1.85 bits per heavy atom. The van der Waals surface area contributed by atoms with Crippen LogP contribution in [0.15, 0.2) is 46.9 Å². The van der Waals surface area contributed by atoms with E-state index in [1.807, 2.05) is 31.2 Å².